The molecule has 1 heterocycles. The van der Waals surface area contributed by atoms with Crippen molar-refractivity contribution in [3.05, 3.63) is 52.6 Å². The van der Waals surface area contributed by atoms with Crippen LogP contribution in [-0.2, 0) is 10.0 Å². The van der Waals surface area contributed by atoms with E-state index in [9.17, 15) is 18.5 Å². The van der Waals surface area contributed by atoms with Crippen LogP contribution in [0.2, 0.25) is 0 Å². The van der Waals surface area contributed by atoms with Gasteiger partial charge in [-0.15, -0.1) is 0 Å². The van der Waals surface area contributed by atoms with Crippen LogP contribution in [0.1, 0.15) is 26.7 Å². The molecule has 0 saturated carbocycles. The zero-order valence-corrected chi connectivity index (χ0v) is 19.1. The molecule has 1 saturated heterocycles. The van der Waals surface area contributed by atoms with Gasteiger partial charge in [-0.2, -0.15) is 5.10 Å². The van der Waals surface area contributed by atoms with Crippen LogP contribution >= 0.6 is 0 Å². The summed E-state index contributed by atoms with van der Waals surface area (Å²) in [5.74, 6) is 0.336. The fourth-order valence-corrected chi connectivity index (χ4v) is 4.50. The predicted octanol–water partition coefficient (Wildman–Crippen LogP) is 3.68. The molecule has 2 N–H and O–H groups in total. The lowest BCUT2D eigenvalue weighted by Gasteiger charge is -2.30. The van der Waals surface area contributed by atoms with Gasteiger partial charge in [0, 0.05) is 43.8 Å². The third-order valence-corrected chi connectivity index (χ3v) is 6.63. The van der Waals surface area contributed by atoms with Gasteiger partial charge in [0.05, 0.1) is 22.6 Å². The fraction of sp³-hybridized carbons (Fsp3) is 0.381. The summed E-state index contributed by atoms with van der Waals surface area (Å²) in [5.41, 5.74) is 3.66. The maximum Gasteiger partial charge on any atom is 0.295 e. The van der Waals surface area contributed by atoms with Crippen molar-refractivity contribution in [2.24, 2.45) is 5.10 Å². The summed E-state index contributed by atoms with van der Waals surface area (Å²) in [4.78, 5) is 13.1. The van der Waals surface area contributed by atoms with E-state index in [2.05, 4.69) is 34.0 Å². The molecule has 1 aliphatic heterocycles. The second-order valence-electron chi connectivity index (χ2n) is 7.66. The number of sulfonamides is 1. The van der Waals surface area contributed by atoms with Crippen LogP contribution in [0.4, 0.5) is 17.1 Å². The molecule has 0 aromatic heterocycles. The SMILES string of the molecule is COc1ccccc1NS(=O)(=O)c1ccc(NN=C2CCN(C(C)C)CC2)c([N+](=O)[O-])c1. The van der Waals surface area contributed by atoms with Crippen molar-refractivity contribution >= 4 is 32.8 Å². The zero-order valence-electron chi connectivity index (χ0n) is 18.2. The highest BCUT2D eigenvalue weighted by Gasteiger charge is 2.23. The van der Waals surface area contributed by atoms with Gasteiger partial charge in [0.2, 0.25) is 0 Å². The first-order chi connectivity index (χ1) is 15.2. The Bertz CT molecular complexity index is 1110. The Hall–Kier alpha value is -3.18. The molecule has 1 aliphatic rings. The van der Waals surface area contributed by atoms with Crippen LogP contribution in [0, 0.1) is 10.1 Å². The molecule has 0 radical (unpaired) electrons. The highest BCUT2D eigenvalue weighted by Crippen LogP contribution is 2.31. The van der Waals surface area contributed by atoms with E-state index in [4.69, 9.17) is 4.74 Å². The maximum absolute atomic E-state index is 12.8. The molecule has 1 fully saturated rings. The highest BCUT2D eigenvalue weighted by molar-refractivity contribution is 7.92. The molecule has 0 aliphatic carbocycles. The first-order valence-corrected chi connectivity index (χ1v) is 11.7. The molecule has 0 atom stereocenters. The van der Waals surface area contributed by atoms with Crippen LogP contribution in [0.5, 0.6) is 5.75 Å². The quantitative estimate of drug-likeness (QED) is 0.454. The van der Waals surface area contributed by atoms with Crippen LogP contribution < -0.4 is 14.9 Å². The van der Waals surface area contributed by atoms with E-state index in [1.54, 1.807) is 24.3 Å². The van der Waals surface area contributed by atoms with Crippen LogP contribution in [-0.4, -0.2) is 50.2 Å². The van der Waals surface area contributed by atoms with Crippen molar-refractivity contribution in [3.8, 4) is 5.75 Å². The number of nitrogens with one attached hydrogen (secondary N) is 2. The van der Waals surface area contributed by atoms with Gasteiger partial charge >= 0.3 is 0 Å². The standard InChI is InChI=1S/C21H27N5O5S/c1-15(2)25-12-10-16(11-13-25)22-23-18-9-8-17(14-20(18)26(27)28)32(29,30)24-19-6-4-5-7-21(19)31-3/h4-9,14-15,23-24H,10-13H2,1-3H3. The molecule has 0 spiro atoms. The summed E-state index contributed by atoms with van der Waals surface area (Å²) in [6.45, 7) is 6.04. The van der Waals surface area contributed by atoms with E-state index in [0.717, 1.165) is 37.7 Å². The van der Waals surface area contributed by atoms with E-state index in [1.165, 1.54) is 19.2 Å². The molecule has 2 aromatic carbocycles. The molecule has 10 nitrogen and oxygen atoms in total. The van der Waals surface area contributed by atoms with Crippen molar-refractivity contribution < 1.29 is 18.1 Å². The zero-order chi connectivity index (χ0) is 23.3. The number of ether oxygens (including phenoxy) is 1. The van der Waals surface area contributed by atoms with E-state index >= 15 is 0 Å². The fourth-order valence-electron chi connectivity index (χ4n) is 3.41. The van der Waals surface area contributed by atoms with Crippen molar-refractivity contribution in [2.75, 3.05) is 30.3 Å². The summed E-state index contributed by atoms with van der Waals surface area (Å²) in [6.07, 6.45) is 1.54. The molecule has 32 heavy (non-hydrogen) atoms. The van der Waals surface area contributed by atoms with Gasteiger partial charge in [0.25, 0.3) is 15.7 Å². The van der Waals surface area contributed by atoms with Crippen LogP contribution in [0.25, 0.3) is 0 Å². The third-order valence-electron chi connectivity index (χ3n) is 5.27. The Balaban J connectivity index is 1.80. The minimum absolute atomic E-state index is 0.130. The van der Waals surface area contributed by atoms with E-state index < -0.39 is 14.9 Å². The topological polar surface area (TPSA) is 126 Å². The second-order valence-corrected chi connectivity index (χ2v) is 9.34. The van der Waals surface area contributed by atoms with Gasteiger partial charge in [-0.05, 0) is 38.1 Å². The number of hydrogen-bond acceptors (Lipinski definition) is 8. The number of methoxy groups -OCH3 is 1. The smallest absolute Gasteiger partial charge is 0.295 e. The molecule has 11 heteroatoms. The minimum atomic E-state index is -4.07. The number of para-hydroxylation sites is 2. The van der Waals surface area contributed by atoms with Gasteiger partial charge < -0.3 is 9.64 Å². The maximum atomic E-state index is 12.8. The lowest BCUT2D eigenvalue weighted by Crippen LogP contribution is -2.38. The number of likely N-dealkylation sites (tertiary alicyclic amines) is 1. The Labute approximate surface area is 187 Å². The van der Waals surface area contributed by atoms with Crippen molar-refractivity contribution in [2.45, 2.75) is 37.6 Å². The van der Waals surface area contributed by atoms with Gasteiger partial charge in [0.1, 0.15) is 11.4 Å². The van der Waals surface area contributed by atoms with Gasteiger partial charge in [-0.25, -0.2) is 8.42 Å². The number of hydrazone groups is 1. The highest BCUT2D eigenvalue weighted by atomic mass is 32.2. The number of nitro benzene ring substituents is 1. The monoisotopic (exact) mass is 461 g/mol. The Morgan fingerprint density at radius 3 is 2.44 bits per heavy atom. The Kier molecular flexibility index (Phi) is 7.31. The molecule has 3 rings (SSSR count). The van der Waals surface area contributed by atoms with E-state index in [0.29, 0.717) is 11.8 Å². The summed E-state index contributed by atoms with van der Waals surface area (Å²) < 4.78 is 33.2. The summed E-state index contributed by atoms with van der Waals surface area (Å²) >= 11 is 0. The molecular weight excluding hydrogens is 434 g/mol. The van der Waals surface area contributed by atoms with Crippen LogP contribution in [0.15, 0.2) is 52.5 Å². The Morgan fingerprint density at radius 2 is 1.81 bits per heavy atom. The average molecular weight is 462 g/mol. The van der Waals surface area contributed by atoms with Gasteiger partial charge in [0.15, 0.2) is 0 Å². The molecule has 0 bridgehead atoms. The van der Waals surface area contributed by atoms with E-state index in [-0.39, 0.29) is 22.0 Å². The Morgan fingerprint density at radius 1 is 1.12 bits per heavy atom. The van der Waals surface area contributed by atoms with Gasteiger partial charge in [-0.3, -0.25) is 20.3 Å². The number of nitrogens with zero attached hydrogens (tertiary/aromatic N) is 3. The normalized spacial score (nSPS) is 14.8. The van der Waals surface area contributed by atoms with Crippen molar-refractivity contribution in [1.82, 2.24) is 4.90 Å². The first-order valence-electron chi connectivity index (χ1n) is 10.2. The number of nitro groups is 1. The molecule has 172 valence electrons. The van der Waals surface area contributed by atoms with Crippen LogP contribution in [0.3, 0.4) is 0 Å². The predicted molar refractivity (Wildman–Crippen MR) is 124 cm³/mol. The minimum Gasteiger partial charge on any atom is -0.495 e. The number of anilines is 2. The lowest BCUT2D eigenvalue weighted by molar-refractivity contribution is -0.384. The molecule has 0 unspecified atom stereocenters. The number of piperidine rings is 1. The average Bonchev–Trinajstić information content (AvgIpc) is 2.77. The number of hydrogen-bond donors (Lipinski definition) is 2. The summed E-state index contributed by atoms with van der Waals surface area (Å²) in [7, 11) is -2.65. The van der Waals surface area contributed by atoms with Crippen molar-refractivity contribution in [1.29, 1.82) is 0 Å². The molecule has 2 aromatic rings. The number of benzene rings is 2. The first kappa shape index (κ1) is 23.5. The third kappa shape index (κ3) is 5.54. The lowest BCUT2D eigenvalue weighted by atomic mass is 10.1. The summed E-state index contributed by atoms with van der Waals surface area (Å²) in [6, 6.07) is 10.6. The van der Waals surface area contributed by atoms with Gasteiger partial charge in [-0.1, -0.05) is 12.1 Å². The van der Waals surface area contributed by atoms with Crippen molar-refractivity contribution in [3.63, 3.8) is 0 Å². The number of rotatable bonds is 8. The second kappa shape index (κ2) is 9.96. The molecule has 0 amide bonds. The molecular formula is C21H27N5O5S. The largest absolute Gasteiger partial charge is 0.495 e. The van der Waals surface area contributed by atoms with E-state index in [1.807, 2.05) is 0 Å². The summed E-state index contributed by atoms with van der Waals surface area (Å²) in [5, 5.41) is 15.9.